The monoisotopic (exact) mass is 221 g/mol. The van der Waals surface area contributed by atoms with E-state index in [-0.39, 0.29) is 0 Å². The average molecular weight is 221 g/mol. The van der Waals surface area contributed by atoms with Gasteiger partial charge in [0, 0.05) is 10.8 Å². The van der Waals surface area contributed by atoms with Crippen molar-refractivity contribution < 1.29 is 9.53 Å². The van der Waals surface area contributed by atoms with E-state index in [0.717, 1.165) is 10.1 Å². The predicted molar refractivity (Wildman–Crippen MR) is 61.1 cm³/mol. The van der Waals surface area contributed by atoms with Crippen LogP contribution < -0.4 is 10.5 Å². The summed E-state index contributed by atoms with van der Waals surface area (Å²) in [6.45, 7) is 1.61. The standard InChI is InChI=1S/C11H11NO2S/c1-7(12)11(13)14-10-6-8-4-2-3-5-9(8)15-10/h2-7H,12H2,1H3/t7-/m1/s1. The van der Waals surface area contributed by atoms with Crippen LogP contribution >= 0.6 is 11.3 Å². The number of thiophene rings is 1. The zero-order valence-corrected chi connectivity index (χ0v) is 9.08. The molecule has 2 aromatic rings. The number of esters is 1. The maximum Gasteiger partial charge on any atom is 0.328 e. The molecule has 1 aromatic carbocycles. The normalized spacial score (nSPS) is 12.7. The van der Waals surface area contributed by atoms with Gasteiger partial charge in [0.15, 0.2) is 5.06 Å². The summed E-state index contributed by atoms with van der Waals surface area (Å²) in [5.41, 5.74) is 5.41. The lowest BCUT2D eigenvalue weighted by molar-refractivity contribution is -0.135. The number of nitrogens with two attached hydrogens (primary N) is 1. The van der Waals surface area contributed by atoms with Crippen molar-refractivity contribution in [2.75, 3.05) is 0 Å². The van der Waals surface area contributed by atoms with E-state index in [0.29, 0.717) is 5.06 Å². The SMILES string of the molecule is C[C@@H](N)C(=O)Oc1cc2ccccc2s1. The minimum absolute atomic E-state index is 0.401. The Hall–Kier alpha value is -1.39. The second-order valence-electron chi connectivity index (χ2n) is 3.31. The predicted octanol–water partition coefficient (Wildman–Crippen LogP) is 2.15. The highest BCUT2D eigenvalue weighted by Crippen LogP contribution is 2.31. The van der Waals surface area contributed by atoms with Crippen LogP contribution in [0.5, 0.6) is 5.06 Å². The number of hydrogen-bond acceptors (Lipinski definition) is 4. The number of carbonyl (C=O) groups is 1. The number of rotatable bonds is 2. The molecule has 3 nitrogen and oxygen atoms in total. The van der Waals surface area contributed by atoms with Gasteiger partial charge in [-0.25, -0.2) is 4.79 Å². The number of fused-ring (bicyclic) bond motifs is 1. The van der Waals surface area contributed by atoms with Gasteiger partial charge >= 0.3 is 5.97 Å². The van der Waals surface area contributed by atoms with Crippen molar-refractivity contribution in [2.45, 2.75) is 13.0 Å². The van der Waals surface area contributed by atoms with Crippen LogP contribution in [0.15, 0.2) is 30.3 Å². The van der Waals surface area contributed by atoms with Crippen molar-refractivity contribution in [3.63, 3.8) is 0 Å². The molecule has 1 aromatic heterocycles. The van der Waals surface area contributed by atoms with E-state index >= 15 is 0 Å². The first-order valence-electron chi connectivity index (χ1n) is 4.62. The van der Waals surface area contributed by atoms with E-state index in [1.165, 1.54) is 11.3 Å². The fourth-order valence-corrected chi connectivity index (χ4v) is 2.12. The molecule has 0 amide bonds. The average Bonchev–Trinajstić information content (AvgIpc) is 2.59. The second kappa shape index (κ2) is 4.00. The minimum atomic E-state index is -0.588. The smallest absolute Gasteiger partial charge is 0.328 e. The van der Waals surface area contributed by atoms with Gasteiger partial charge in [-0.05, 0) is 18.4 Å². The Kier molecular flexibility index (Phi) is 2.70. The Balaban J connectivity index is 2.26. The topological polar surface area (TPSA) is 52.3 Å². The van der Waals surface area contributed by atoms with Crippen molar-refractivity contribution in [1.82, 2.24) is 0 Å². The van der Waals surface area contributed by atoms with E-state index in [2.05, 4.69) is 0 Å². The summed E-state index contributed by atoms with van der Waals surface area (Å²) >= 11 is 1.44. The van der Waals surface area contributed by atoms with Crippen LogP contribution in [0.1, 0.15) is 6.92 Å². The van der Waals surface area contributed by atoms with Crippen molar-refractivity contribution >= 4 is 27.4 Å². The third kappa shape index (κ3) is 2.16. The third-order valence-corrected chi connectivity index (χ3v) is 2.97. The highest BCUT2D eigenvalue weighted by atomic mass is 32.1. The Morgan fingerprint density at radius 3 is 2.87 bits per heavy atom. The molecule has 2 N–H and O–H groups in total. The zero-order valence-electron chi connectivity index (χ0n) is 8.27. The lowest BCUT2D eigenvalue weighted by Gasteiger charge is -2.02. The lowest BCUT2D eigenvalue weighted by Crippen LogP contribution is -2.30. The van der Waals surface area contributed by atoms with Crippen LogP contribution in [0.3, 0.4) is 0 Å². The summed E-state index contributed by atoms with van der Waals surface area (Å²) in [4.78, 5) is 11.2. The third-order valence-electron chi connectivity index (χ3n) is 1.98. The Morgan fingerprint density at radius 1 is 1.47 bits per heavy atom. The zero-order chi connectivity index (χ0) is 10.8. The van der Waals surface area contributed by atoms with Crippen LogP contribution in [-0.2, 0) is 4.79 Å². The van der Waals surface area contributed by atoms with Crippen molar-refractivity contribution in [3.8, 4) is 5.06 Å². The number of hydrogen-bond donors (Lipinski definition) is 1. The molecule has 1 heterocycles. The van der Waals surface area contributed by atoms with Crippen molar-refractivity contribution in [3.05, 3.63) is 30.3 Å². The number of ether oxygens (including phenoxy) is 1. The summed E-state index contributed by atoms with van der Waals surface area (Å²) in [6, 6.07) is 9.14. The van der Waals surface area contributed by atoms with Crippen LogP contribution in [0.25, 0.3) is 10.1 Å². The van der Waals surface area contributed by atoms with Gasteiger partial charge < -0.3 is 10.5 Å². The molecule has 0 aliphatic rings. The molecule has 4 heteroatoms. The Bertz CT molecular complexity index is 457. The molecule has 0 radical (unpaired) electrons. The van der Waals surface area contributed by atoms with Crippen LogP contribution in [0.4, 0.5) is 0 Å². The van der Waals surface area contributed by atoms with Gasteiger partial charge in [-0.15, -0.1) is 0 Å². The van der Waals surface area contributed by atoms with Gasteiger partial charge in [0.05, 0.1) is 0 Å². The van der Waals surface area contributed by atoms with Gasteiger partial charge in [-0.1, -0.05) is 29.5 Å². The lowest BCUT2D eigenvalue weighted by atomic mass is 10.3. The van der Waals surface area contributed by atoms with Gasteiger partial charge in [0.2, 0.25) is 0 Å². The summed E-state index contributed by atoms with van der Waals surface area (Å²) in [5, 5.41) is 1.67. The number of carbonyl (C=O) groups excluding carboxylic acids is 1. The van der Waals surface area contributed by atoms with Crippen LogP contribution in [-0.4, -0.2) is 12.0 Å². The molecule has 0 fully saturated rings. The van der Waals surface area contributed by atoms with E-state index < -0.39 is 12.0 Å². The fraction of sp³-hybridized carbons (Fsp3) is 0.182. The van der Waals surface area contributed by atoms with Crippen LogP contribution in [0, 0.1) is 0 Å². The molecular formula is C11H11NO2S. The van der Waals surface area contributed by atoms with E-state index in [4.69, 9.17) is 10.5 Å². The van der Waals surface area contributed by atoms with Crippen molar-refractivity contribution in [2.24, 2.45) is 5.73 Å². The first-order valence-corrected chi connectivity index (χ1v) is 5.44. The van der Waals surface area contributed by atoms with E-state index in [9.17, 15) is 4.79 Å². The molecule has 78 valence electrons. The quantitative estimate of drug-likeness (QED) is 0.790. The van der Waals surface area contributed by atoms with Gasteiger partial charge in [-0.3, -0.25) is 0 Å². The molecule has 0 saturated heterocycles. The fourth-order valence-electron chi connectivity index (χ4n) is 1.20. The summed E-state index contributed by atoms with van der Waals surface area (Å²) in [5.74, 6) is -0.401. The maximum atomic E-state index is 11.2. The highest BCUT2D eigenvalue weighted by Gasteiger charge is 2.11. The molecule has 2 rings (SSSR count). The molecule has 0 spiro atoms. The van der Waals surface area contributed by atoms with Gasteiger partial charge in [0.25, 0.3) is 0 Å². The first-order chi connectivity index (χ1) is 7.16. The summed E-state index contributed by atoms with van der Waals surface area (Å²) < 4.78 is 6.22. The second-order valence-corrected chi connectivity index (χ2v) is 4.36. The largest absolute Gasteiger partial charge is 0.414 e. The van der Waals surface area contributed by atoms with E-state index in [1.54, 1.807) is 6.92 Å². The maximum absolute atomic E-state index is 11.2. The van der Waals surface area contributed by atoms with Crippen molar-refractivity contribution in [1.29, 1.82) is 0 Å². The summed E-state index contributed by atoms with van der Waals surface area (Å²) in [6.07, 6.45) is 0. The highest BCUT2D eigenvalue weighted by molar-refractivity contribution is 7.20. The molecule has 0 aliphatic carbocycles. The molecule has 0 bridgehead atoms. The molecule has 0 aliphatic heterocycles. The molecule has 0 unspecified atom stereocenters. The summed E-state index contributed by atoms with van der Waals surface area (Å²) in [7, 11) is 0. The van der Waals surface area contributed by atoms with Crippen LogP contribution in [0.2, 0.25) is 0 Å². The molecular weight excluding hydrogens is 210 g/mol. The first kappa shape index (κ1) is 10.1. The van der Waals surface area contributed by atoms with E-state index in [1.807, 2.05) is 30.3 Å². The molecule has 15 heavy (non-hydrogen) atoms. The molecule has 1 atom stereocenters. The minimum Gasteiger partial charge on any atom is -0.414 e. The Morgan fingerprint density at radius 2 is 2.20 bits per heavy atom. The molecule has 0 saturated carbocycles. The van der Waals surface area contributed by atoms with Gasteiger partial charge in [0.1, 0.15) is 6.04 Å². The number of benzene rings is 1. The van der Waals surface area contributed by atoms with Gasteiger partial charge in [-0.2, -0.15) is 0 Å². The Labute approximate surface area is 91.5 Å².